The van der Waals surface area contributed by atoms with Crippen molar-refractivity contribution in [3.63, 3.8) is 0 Å². The second-order valence-electron chi connectivity index (χ2n) is 4.47. The number of thioether (sulfide) groups is 1. The number of ketones is 1. The smallest absolute Gasteiger partial charge is 0.258 e. The van der Waals surface area contributed by atoms with Crippen molar-refractivity contribution in [3.05, 3.63) is 64.6 Å². The minimum atomic E-state index is 0.0422. The van der Waals surface area contributed by atoms with E-state index in [4.69, 9.17) is 4.52 Å². The zero-order valence-corrected chi connectivity index (χ0v) is 13.8. The van der Waals surface area contributed by atoms with Gasteiger partial charge in [-0.15, -0.1) is 0 Å². The molecule has 110 valence electrons. The molecule has 0 unspecified atom stereocenters. The molecule has 0 N–H and O–H groups in total. The molecule has 0 aliphatic heterocycles. The summed E-state index contributed by atoms with van der Waals surface area (Å²) in [6.07, 6.45) is 0. The maximum Gasteiger partial charge on any atom is 0.258 e. The summed E-state index contributed by atoms with van der Waals surface area (Å²) >= 11 is 4.65. The first-order valence-corrected chi connectivity index (χ1v) is 8.31. The monoisotopic (exact) mass is 374 g/mol. The maximum absolute atomic E-state index is 12.0. The minimum absolute atomic E-state index is 0.0422. The number of hydrogen-bond donors (Lipinski definition) is 0. The van der Waals surface area contributed by atoms with E-state index in [1.54, 1.807) is 12.1 Å². The number of Topliss-reactive ketones (excluding diaryl/α,β-unsaturated/α-hetero) is 1. The van der Waals surface area contributed by atoms with E-state index in [0.717, 1.165) is 10.0 Å². The van der Waals surface area contributed by atoms with Crippen LogP contribution in [0.25, 0.3) is 11.5 Å². The number of benzene rings is 2. The maximum atomic E-state index is 12.0. The molecule has 22 heavy (non-hydrogen) atoms. The molecule has 0 aliphatic rings. The Labute approximate surface area is 140 Å². The molecule has 0 aliphatic carbocycles. The van der Waals surface area contributed by atoms with Gasteiger partial charge in [0, 0.05) is 15.6 Å². The van der Waals surface area contributed by atoms with E-state index in [2.05, 4.69) is 26.1 Å². The van der Waals surface area contributed by atoms with Gasteiger partial charge in [-0.05, 0) is 29.4 Å². The lowest BCUT2D eigenvalue weighted by Crippen LogP contribution is -2.01. The standard InChI is InChI=1S/C16H11BrN2O2S/c17-13-8-6-12(7-9-13)15-18-16(19-21-15)22-10-14(20)11-4-2-1-3-5-11/h1-9H,10H2. The van der Waals surface area contributed by atoms with Crippen LogP contribution in [0.4, 0.5) is 0 Å². The van der Waals surface area contributed by atoms with Crippen LogP contribution in [0.3, 0.4) is 0 Å². The molecule has 0 saturated carbocycles. The molecule has 6 heteroatoms. The van der Waals surface area contributed by atoms with Crippen molar-refractivity contribution < 1.29 is 9.32 Å². The van der Waals surface area contributed by atoms with E-state index in [1.807, 2.05) is 42.5 Å². The van der Waals surface area contributed by atoms with Crippen LogP contribution in [0.15, 0.2) is 68.7 Å². The van der Waals surface area contributed by atoms with Gasteiger partial charge in [0.05, 0.1) is 5.75 Å². The molecule has 0 spiro atoms. The fraction of sp³-hybridized carbons (Fsp3) is 0.0625. The van der Waals surface area contributed by atoms with Crippen LogP contribution in [-0.2, 0) is 0 Å². The Morgan fingerprint density at radius 1 is 1.09 bits per heavy atom. The lowest BCUT2D eigenvalue weighted by molar-refractivity contribution is 0.102. The normalized spacial score (nSPS) is 10.6. The van der Waals surface area contributed by atoms with Crippen LogP contribution in [0.5, 0.6) is 0 Å². The first kappa shape index (κ1) is 15.0. The third kappa shape index (κ3) is 3.64. The molecule has 0 radical (unpaired) electrons. The van der Waals surface area contributed by atoms with Gasteiger partial charge in [0.1, 0.15) is 0 Å². The zero-order chi connectivity index (χ0) is 15.4. The van der Waals surface area contributed by atoms with E-state index in [-0.39, 0.29) is 11.5 Å². The van der Waals surface area contributed by atoms with Gasteiger partial charge >= 0.3 is 0 Å². The predicted octanol–water partition coefficient (Wildman–Crippen LogP) is 4.47. The summed E-state index contributed by atoms with van der Waals surface area (Å²) in [6, 6.07) is 16.8. The molecule has 0 atom stereocenters. The van der Waals surface area contributed by atoms with Crippen molar-refractivity contribution >= 4 is 33.5 Å². The highest BCUT2D eigenvalue weighted by molar-refractivity contribution is 9.10. The topological polar surface area (TPSA) is 56.0 Å². The fourth-order valence-corrected chi connectivity index (χ4v) is 2.74. The summed E-state index contributed by atoms with van der Waals surface area (Å²) in [7, 11) is 0. The Kier molecular flexibility index (Phi) is 4.70. The number of carbonyl (C=O) groups is 1. The SMILES string of the molecule is O=C(CSc1noc(-c2ccc(Br)cc2)n1)c1ccccc1. The largest absolute Gasteiger partial charge is 0.333 e. The molecule has 0 fully saturated rings. The van der Waals surface area contributed by atoms with E-state index >= 15 is 0 Å². The number of aromatic nitrogens is 2. The summed E-state index contributed by atoms with van der Waals surface area (Å²) in [5.74, 6) is 0.770. The highest BCUT2D eigenvalue weighted by Crippen LogP contribution is 2.23. The Morgan fingerprint density at radius 3 is 2.55 bits per heavy atom. The van der Waals surface area contributed by atoms with Gasteiger partial charge in [0.15, 0.2) is 5.78 Å². The number of hydrogen-bond acceptors (Lipinski definition) is 5. The minimum Gasteiger partial charge on any atom is -0.333 e. The molecule has 1 aromatic heterocycles. The second-order valence-corrected chi connectivity index (χ2v) is 6.33. The average Bonchev–Trinajstić information content (AvgIpc) is 3.03. The molecule has 1 heterocycles. The van der Waals surface area contributed by atoms with Crippen LogP contribution >= 0.6 is 27.7 Å². The van der Waals surface area contributed by atoms with Crippen LogP contribution in [-0.4, -0.2) is 21.7 Å². The third-order valence-corrected chi connectivity index (χ3v) is 4.29. The summed E-state index contributed by atoms with van der Waals surface area (Å²) < 4.78 is 6.21. The average molecular weight is 375 g/mol. The molecular weight excluding hydrogens is 364 g/mol. The van der Waals surface area contributed by atoms with Gasteiger partial charge in [-0.25, -0.2) is 0 Å². The Bertz CT molecular complexity index is 772. The molecular formula is C16H11BrN2O2S. The molecule has 3 rings (SSSR count). The molecule has 0 bridgehead atoms. The molecule has 0 saturated heterocycles. The van der Waals surface area contributed by atoms with Gasteiger partial charge in [-0.1, -0.05) is 58.0 Å². The third-order valence-electron chi connectivity index (χ3n) is 2.93. The highest BCUT2D eigenvalue weighted by atomic mass is 79.9. The van der Waals surface area contributed by atoms with Gasteiger partial charge in [0.25, 0.3) is 5.89 Å². The van der Waals surface area contributed by atoms with Crippen molar-refractivity contribution in [2.75, 3.05) is 5.75 Å². The second kappa shape index (κ2) is 6.89. The number of rotatable bonds is 5. The van der Waals surface area contributed by atoms with Crippen LogP contribution < -0.4 is 0 Å². The van der Waals surface area contributed by atoms with Gasteiger partial charge < -0.3 is 4.52 Å². The van der Waals surface area contributed by atoms with Crippen molar-refractivity contribution in [1.29, 1.82) is 0 Å². The number of halogens is 1. The van der Waals surface area contributed by atoms with Crippen molar-refractivity contribution in [1.82, 2.24) is 10.1 Å². The first-order valence-electron chi connectivity index (χ1n) is 6.53. The number of carbonyl (C=O) groups excluding carboxylic acids is 1. The summed E-state index contributed by atoms with van der Waals surface area (Å²) in [4.78, 5) is 16.3. The van der Waals surface area contributed by atoms with E-state index in [0.29, 0.717) is 16.6 Å². The summed E-state index contributed by atoms with van der Waals surface area (Å²) in [5, 5.41) is 4.35. The van der Waals surface area contributed by atoms with Crippen molar-refractivity contribution in [2.24, 2.45) is 0 Å². The number of nitrogens with zero attached hydrogens (tertiary/aromatic N) is 2. The molecule has 3 aromatic rings. The molecule has 4 nitrogen and oxygen atoms in total. The molecule has 2 aromatic carbocycles. The summed E-state index contributed by atoms with van der Waals surface area (Å²) in [5.41, 5.74) is 1.53. The van der Waals surface area contributed by atoms with Crippen LogP contribution in [0.1, 0.15) is 10.4 Å². The lowest BCUT2D eigenvalue weighted by Gasteiger charge is -1.97. The Balaban J connectivity index is 1.65. The quantitative estimate of drug-likeness (QED) is 0.486. The van der Waals surface area contributed by atoms with Gasteiger partial charge in [-0.3, -0.25) is 4.79 Å². The Hall–Kier alpha value is -1.92. The van der Waals surface area contributed by atoms with Crippen LogP contribution in [0.2, 0.25) is 0 Å². The highest BCUT2D eigenvalue weighted by Gasteiger charge is 2.12. The predicted molar refractivity (Wildman–Crippen MR) is 88.9 cm³/mol. The van der Waals surface area contributed by atoms with Crippen molar-refractivity contribution in [2.45, 2.75) is 5.16 Å². The Morgan fingerprint density at radius 2 is 1.82 bits per heavy atom. The van der Waals surface area contributed by atoms with Gasteiger partial charge in [0.2, 0.25) is 5.16 Å². The van der Waals surface area contributed by atoms with Crippen molar-refractivity contribution in [3.8, 4) is 11.5 Å². The fourth-order valence-electron chi connectivity index (χ4n) is 1.82. The first-order chi connectivity index (χ1) is 10.7. The van der Waals surface area contributed by atoms with E-state index < -0.39 is 0 Å². The van der Waals surface area contributed by atoms with Gasteiger partial charge in [-0.2, -0.15) is 4.98 Å². The van der Waals surface area contributed by atoms with E-state index in [9.17, 15) is 4.79 Å². The van der Waals surface area contributed by atoms with E-state index in [1.165, 1.54) is 11.8 Å². The zero-order valence-electron chi connectivity index (χ0n) is 11.4. The summed E-state index contributed by atoms with van der Waals surface area (Å²) in [6.45, 7) is 0. The lowest BCUT2D eigenvalue weighted by atomic mass is 10.2. The van der Waals surface area contributed by atoms with Crippen LogP contribution in [0, 0.1) is 0 Å². The molecule has 0 amide bonds.